The third kappa shape index (κ3) is 5.17. The van der Waals surface area contributed by atoms with Crippen molar-refractivity contribution >= 4 is 10.8 Å². The van der Waals surface area contributed by atoms with Crippen LogP contribution in [0.3, 0.4) is 0 Å². The zero-order valence-corrected chi connectivity index (χ0v) is 13.6. The van der Waals surface area contributed by atoms with E-state index in [2.05, 4.69) is 51.5 Å². The first-order valence-electron chi connectivity index (χ1n) is 8.34. The molecule has 0 saturated carbocycles. The van der Waals surface area contributed by atoms with Gasteiger partial charge in [-0.25, -0.2) is 4.98 Å². The largest absolute Gasteiger partial charge is 0.348 e. The highest BCUT2D eigenvalue weighted by Crippen LogP contribution is 2.14. The monoisotopic (exact) mass is 324 g/mol. The molecule has 2 heterocycles. The van der Waals surface area contributed by atoms with Gasteiger partial charge in [-0.05, 0) is 49.3 Å². The summed E-state index contributed by atoms with van der Waals surface area (Å²) in [5.41, 5.74) is 2.56. The number of nitrogens with one attached hydrogen (secondary N) is 2. The number of benzene rings is 1. The molecule has 1 aromatic carbocycles. The zero-order valence-electron chi connectivity index (χ0n) is 13.6. The Morgan fingerprint density at radius 3 is 2.83 bits per heavy atom. The Bertz CT molecular complexity index is 721. The number of aromatic nitrogens is 3. The van der Waals surface area contributed by atoms with Crippen LogP contribution in [0.2, 0.25) is 0 Å². The highest BCUT2D eigenvalue weighted by molar-refractivity contribution is 5.81. The molecule has 24 heavy (non-hydrogen) atoms. The van der Waals surface area contributed by atoms with Crippen molar-refractivity contribution in [1.82, 2.24) is 20.3 Å². The van der Waals surface area contributed by atoms with Gasteiger partial charge in [0.2, 0.25) is 0 Å². The Morgan fingerprint density at radius 1 is 1.08 bits per heavy atom. The summed E-state index contributed by atoms with van der Waals surface area (Å²) in [6.45, 7) is 3.18. The third-order valence-corrected chi connectivity index (χ3v) is 4.25. The normalized spacial score (nSPS) is 12.0. The SMILES string of the molecule is C.C[C@H](CCCCc1cnc[nH]1)NCc1ccc2cnccc2c1. The van der Waals surface area contributed by atoms with Crippen molar-refractivity contribution in [1.29, 1.82) is 0 Å². The van der Waals surface area contributed by atoms with Crippen LogP contribution in [0.15, 0.2) is 49.2 Å². The summed E-state index contributed by atoms with van der Waals surface area (Å²) in [5, 5.41) is 6.07. The van der Waals surface area contributed by atoms with E-state index in [9.17, 15) is 0 Å². The lowest BCUT2D eigenvalue weighted by Crippen LogP contribution is -2.25. The molecular weight excluding hydrogens is 296 g/mol. The van der Waals surface area contributed by atoms with Crippen molar-refractivity contribution < 1.29 is 0 Å². The number of aromatic amines is 1. The number of pyridine rings is 1. The molecule has 0 fully saturated rings. The number of aryl methyl sites for hydroxylation is 1. The van der Waals surface area contributed by atoms with Crippen molar-refractivity contribution in [2.75, 3.05) is 0 Å². The van der Waals surface area contributed by atoms with E-state index in [4.69, 9.17) is 0 Å². The Balaban J connectivity index is 0.00000208. The lowest BCUT2D eigenvalue weighted by Gasteiger charge is -2.14. The molecule has 4 heteroatoms. The first kappa shape index (κ1) is 18.1. The fraction of sp³-hybridized carbons (Fsp3) is 0.400. The van der Waals surface area contributed by atoms with Gasteiger partial charge in [-0.1, -0.05) is 26.0 Å². The maximum Gasteiger partial charge on any atom is 0.0921 e. The minimum atomic E-state index is 0. The number of nitrogens with zero attached hydrogens (tertiary/aromatic N) is 2. The van der Waals surface area contributed by atoms with Crippen molar-refractivity contribution in [2.24, 2.45) is 0 Å². The molecule has 0 aliphatic rings. The number of H-pyrrole nitrogens is 1. The van der Waals surface area contributed by atoms with Crippen molar-refractivity contribution in [3.8, 4) is 0 Å². The molecule has 2 aromatic heterocycles. The van der Waals surface area contributed by atoms with Crippen LogP contribution < -0.4 is 5.32 Å². The maximum absolute atomic E-state index is 4.16. The number of rotatable bonds is 8. The zero-order chi connectivity index (χ0) is 15.9. The van der Waals surface area contributed by atoms with Gasteiger partial charge in [-0.2, -0.15) is 0 Å². The second-order valence-corrected chi connectivity index (χ2v) is 6.16. The number of imidazole rings is 1. The predicted molar refractivity (Wildman–Crippen MR) is 101 cm³/mol. The molecule has 0 unspecified atom stereocenters. The van der Waals surface area contributed by atoms with Crippen molar-refractivity contribution in [2.45, 2.75) is 52.6 Å². The minimum Gasteiger partial charge on any atom is -0.348 e. The van der Waals surface area contributed by atoms with E-state index in [0.717, 1.165) is 13.0 Å². The van der Waals surface area contributed by atoms with Gasteiger partial charge in [-0.3, -0.25) is 4.98 Å². The molecule has 0 aliphatic heterocycles. The Labute approximate surface area is 144 Å². The molecule has 3 rings (SSSR count). The van der Waals surface area contributed by atoms with Gasteiger partial charge in [0.1, 0.15) is 0 Å². The van der Waals surface area contributed by atoms with Gasteiger partial charge in [0, 0.05) is 42.3 Å². The molecular formula is C20H28N4. The van der Waals surface area contributed by atoms with Crippen LogP contribution in [0.1, 0.15) is 44.9 Å². The topological polar surface area (TPSA) is 53.6 Å². The summed E-state index contributed by atoms with van der Waals surface area (Å²) in [4.78, 5) is 11.4. The molecule has 0 aliphatic carbocycles. The summed E-state index contributed by atoms with van der Waals surface area (Å²) in [7, 11) is 0. The van der Waals surface area contributed by atoms with Gasteiger partial charge in [0.25, 0.3) is 0 Å². The second kappa shape index (κ2) is 9.18. The first-order chi connectivity index (χ1) is 11.3. The summed E-state index contributed by atoms with van der Waals surface area (Å²) < 4.78 is 0. The van der Waals surface area contributed by atoms with Crippen molar-refractivity contribution in [3.63, 3.8) is 0 Å². The van der Waals surface area contributed by atoms with Crippen molar-refractivity contribution in [3.05, 3.63) is 60.4 Å². The van der Waals surface area contributed by atoms with E-state index in [1.807, 2.05) is 18.6 Å². The molecule has 0 bridgehead atoms. The lowest BCUT2D eigenvalue weighted by molar-refractivity contribution is 0.488. The Hall–Kier alpha value is -2.20. The number of unbranched alkanes of at least 4 members (excludes halogenated alkanes) is 1. The van der Waals surface area contributed by atoms with Crippen LogP contribution in [0, 0.1) is 0 Å². The van der Waals surface area contributed by atoms with Crippen LogP contribution in [0.4, 0.5) is 0 Å². The Morgan fingerprint density at radius 2 is 2.00 bits per heavy atom. The second-order valence-electron chi connectivity index (χ2n) is 6.16. The van der Waals surface area contributed by atoms with E-state index < -0.39 is 0 Å². The first-order valence-corrected chi connectivity index (χ1v) is 8.34. The number of hydrogen-bond acceptors (Lipinski definition) is 3. The molecule has 0 spiro atoms. The standard InChI is InChI=1S/C19H24N4.CH4/c1-15(4-2-3-5-19-13-21-14-23-19)22-11-16-6-7-18-12-20-9-8-17(18)10-16;/h6-10,12-15,22H,2-5,11H2,1H3,(H,21,23);1H4/t15-;/m1./s1. The summed E-state index contributed by atoms with van der Waals surface area (Å²) in [5.74, 6) is 0. The van der Waals surface area contributed by atoms with Gasteiger partial charge < -0.3 is 10.3 Å². The molecule has 4 nitrogen and oxygen atoms in total. The average Bonchev–Trinajstić information content (AvgIpc) is 3.10. The molecule has 0 saturated heterocycles. The molecule has 2 N–H and O–H groups in total. The Kier molecular flexibility index (Phi) is 6.94. The molecule has 1 atom stereocenters. The van der Waals surface area contributed by atoms with E-state index in [-0.39, 0.29) is 7.43 Å². The molecule has 0 radical (unpaired) electrons. The smallest absolute Gasteiger partial charge is 0.0921 e. The fourth-order valence-electron chi connectivity index (χ4n) is 2.82. The lowest BCUT2D eigenvalue weighted by atomic mass is 10.1. The van der Waals surface area contributed by atoms with Gasteiger partial charge >= 0.3 is 0 Å². The number of fused-ring (bicyclic) bond motifs is 1. The summed E-state index contributed by atoms with van der Waals surface area (Å²) in [6, 6.07) is 9.17. The van der Waals surface area contributed by atoms with Crippen LogP contribution in [0.25, 0.3) is 10.8 Å². The summed E-state index contributed by atoms with van der Waals surface area (Å²) >= 11 is 0. The van der Waals surface area contributed by atoms with Crippen LogP contribution in [-0.4, -0.2) is 21.0 Å². The van der Waals surface area contributed by atoms with E-state index in [1.165, 1.54) is 41.3 Å². The van der Waals surface area contributed by atoms with Gasteiger partial charge in [0.15, 0.2) is 0 Å². The van der Waals surface area contributed by atoms with Gasteiger partial charge in [-0.15, -0.1) is 0 Å². The number of hydrogen-bond donors (Lipinski definition) is 2. The average molecular weight is 324 g/mol. The molecule has 128 valence electrons. The quantitative estimate of drug-likeness (QED) is 0.600. The van der Waals surface area contributed by atoms with E-state index in [0.29, 0.717) is 6.04 Å². The fourth-order valence-corrected chi connectivity index (χ4v) is 2.82. The van der Waals surface area contributed by atoms with Crippen LogP contribution >= 0.6 is 0 Å². The van der Waals surface area contributed by atoms with Crippen LogP contribution in [-0.2, 0) is 13.0 Å². The van der Waals surface area contributed by atoms with Gasteiger partial charge in [0.05, 0.1) is 6.33 Å². The van der Waals surface area contributed by atoms with E-state index in [1.54, 1.807) is 6.33 Å². The highest BCUT2D eigenvalue weighted by atomic mass is 14.9. The predicted octanol–water partition coefficient (Wildman–Crippen LogP) is 4.49. The van der Waals surface area contributed by atoms with Crippen LogP contribution in [0.5, 0.6) is 0 Å². The summed E-state index contributed by atoms with van der Waals surface area (Å²) in [6.07, 6.45) is 12.2. The van der Waals surface area contributed by atoms with E-state index >= 15 is 0 Å². The minimum absolute atomic E-state index is 0. The molecule has 0 amide bonds. The molecule has 3 aromatic rings. The maximum atomic E-state index is 4.16. The third-order valence-electron chi connectivity index (χ3n) is 4.25. The highest BCUT2D eigenvalue weighted by Gasteiger charge is 2.03.